The molecule has 0 unspecified atom stereocenters. The Hall–Kier alpha value is -1.99. The summed E-state index contributed by atoms with van der Waals surface area (Å²) in [4.78, 5) is 16.6. The van der Waals surface area contributed by atoms with E-state index < -0.39 is 17.8 Å². The fraction of sp³-hybridized carbons (Fsp3) is 0.353. The molecule has 0 spiro atoms. The van der Waals surface area contributed by atoms with Crippen LogP contribution in [0.15, 0.2) is 24.3 Å². The van der Waals surface area contributed by atoms with Gasteiger partial charge in [-0.1, -0.05) is 23.7 Å². The van der Waals surface area contributed by atoms with E-state index in [0.29, 0.717) is 36.9 Å². The summed E-state index contributed by atoms with van der Waals surface area (Å²) >= 11 is 5.86. The van der Waals surface area contributed by atoms with E-state index in [9.17, 15) is 18.0 Å². The van der Waals surface area contributed by atoms with Gasteiger partial charge in [-0.25, -0.2) is 0 Å². The van der Waals surface area contributed by atoms with Crippen LogP contribution in [0.3, 0.4) is 0 Å². The van der Waals surface area contributed by atoms with Crippen molar-refractivity contribution >= 4 is 17.5 Å². The van der Waals surface area contributed by atoms with Gasteiger partial charge in [0.25, 0.3) is 5.91 Å². The molecule has 0 saturated carbocycles. The number of halogens is 4. The van der Waals surface area contributed by atoms with Gasteiger partial charge in [0.05, 0.1) is 13.2 Å². The van der Waals surface area contributed by atoms with Gasteiger partial charge in [-0.2, -0.15) is 13.2 Å². The molecule has 1 aromatic heterocycles. The van der Waals surface area contributed by atoms with Crippen molar-refractivity contribution in [3.63, 3.8) is 0 Å². The number of aromatic nitrogens is 1. The van der Waals surface area contributed by atoms with E-state index >= 15 is 0 Å². The van der Waals surface area contributed by atoms with Crippen LogP contribution in [0.1, 0.15) is 21.7 Å². The average molecular weight is 373 g/mol. The Bertz CT molecular complexity index is 778. The van der Waals surface area contributed by atoms with E-state index in [1.54, 1.807) is 24.3 Å². The second kappa shape index (κ2) is 6.72. The molecule has 0 atom stereocenters. The second-order valence-electron chi connectivity index (χ2n) is 5.78. The molecule has 0 aliphatic carbocycles. The largest absolute Gasteiger partial charge is 0.431 e. The van der Waals surface area contributed by atoms with E-state index in [-0.39, 0.29) is 16.8 Å². The number of benzene rings is 1. The minimum Gasteiger partial charge on any atom is -0.378 e. The lowest BCUT2D eigenvalue weighted by atomic mass is 10.00. The summed E-state index contributed by atoms with van der Waals surface area (Å²) in [5, 5.41) is 0.467. The molecule has 25 heavy (non-hydrogen) atoms. The monoisotopic (exact) mass is 372 g/mol. The van der Waals surface area contributed by atoms with Crippen LogP contribution >= 0.6 is 11.6 Å². The van der Waals surface area contributed by atoms with Crippen LogP contribution in [0, 0.1) is 6.92 Å². The van der Waals surface area contributed by atoms with Crippen LogP contribution in [0.5, 0.6) is 0 Å². The minimum atomic E-state index is -4.57. The maximum Gasteiger partial charge on any atom is 0.431 e. The number of H-pyrrole nitrogens is 1. The summed E-state index contributed by atoms with van der Waals surface area (Å²) in [6.07, 6.45) is -4.57. The zero-order chi connectivity index (χ0) is 18.2. The summed E-state index contributed by atoms with van der Waals surface area (Å²) in [6, 6.07) is 6.38. The molecular formula is C17H16ClF3N2O2. The first-order valence-electron chi connectivity index (χ1n) is 7.71. The highest BCUT2D eigenvalue weighted by Crippen LogP contribution is 2.39. The predicted molar refractivity (Wildman–Crippen MR) is 87.7 cm³/mol. The molecule has 8 heteroatoms. The van der Waals surface area contributed by atoms with Gasteiger partial charge in [-0.05, 0) is 30.2 Å². The lowest BCUT2D eigenvalue weighted by Crippen LogP contribution is -2.41. The highest BCUT2D eigenvalue weighted by Gasteiger charge is 2.38. The third kappa shape index (κ3) is 3.52. The van der Waals surface area contributed by atoms with E-state index in [1.165, 1.54) is 11.8 Å². The van der Waals surface area contributed by atoms with Crippen molar-refractivity contribution in [3.05, 3.63) is 46.2 Å². The number of nitrogens with one attached hydrogen (secondary N) is 1. The summed E-state index contributed by atoms with van der Waals surface area (Å²) < 4.78 is 45.2. The lowest BCUT2D eigenvalue weighted by molar-refractivity contribution is -0.141. The number of rotatable bonds is 2. The molecule has 134 valence electrons. The molecule has 1 N–H and O–H groups in total. The van der Waals surface area contributed by atoms with Crippen LogP contribution < -0.4 is 0 Å². The number of ether oxygens (including phenoxy) is 1. The molecule has 2 aromatic rings. The molecular weight excluding hydrogens is 357 g/mol. The van der Waals surface area contributed by atoms with Crippen LogP contribution in [0.4, 0.5) is 13.2 Å². The van der Waals surface area contributed by atoms with Crippen LogP contribution in [0.2, 0.25) is 5.02 Å². The maximum atomic E-state index is 13.3. The van der Waals surface area contributed by atoms with E-state index in [1.807, 2.05) is 0 Å². The molecule has 1 fully saturated rings. The lowest BCUT2D eigenvalue weighted by Gasteiger charge is -2.26. The number of carbonyl (C=O) groups excluding carboxylic acids is 1. The van der Waals surface area contributed by atoms with Gasteiger partial charge in [0.15, 0.2) is 0 Å². The number of hydrogen-bond donors (Lipinski definition) is 1. The summed E-state index contributed by atoms with van der Waals surface area (Å²) in [7, 11) is 0. The molecule has 0 radical (unpaired) electrons. The third-order valence-corrected chi connectivity index (χ3v) is 4.43. The Kier molecular flexibility index (Phi) is 4.79. The van der Waals surface area contributed by atoms with Crippen molar-refractivity contribution in [2.75, 3.05) is 26.3 Å². The van der Waals surface area contributed by atoms with Crippen LogP contribution in [0.25, 0.3) is 11.1 Å². The normalized spacial score (nSPS) is 15.5. The Morgan fingerprint density at radius 2 is 1.80 bits per heavy atom. The summed E-state index contributed by atoms with van der Waals surface area (Å²) in [5.74, 6) is -0.466. The van der Waals surface area contributed by atoms with Crippen molar-refractivity contribution in [2.45, 2.75) is 13.1 Å². The molecule has 4 nitrogen and oxygen atoms in total. The Morgan fingerprint density at radius 1 is 1.20 bits per heavy atom. The van der Waals surface area contributed by atoms with Crippen molar-refractivity contribution in [2.24, 2.45) is 0 Å². The van der Waals surface area contributed by atoms with E-state index in [2.05, 4.69) is 4.98 Å². The smallest absolute Gasteiger partial charge is 0.378 e. The van der Waals surface area contributed by atoms with Crippen molar-refractivity contribution < 1.29 is 22.7 Å². The quantitative estimate of drug-likeness (QED) is 0.861. The molecule has 1 saturated heterocycles. The highest BCUT2D eigenvalue weighted by molar-refractivity contribution is 6.30. The number of aromatic amines is 1. The predicted octanol–water partition coefficient (Wildman–Crippen LogP) is 4.13. The first-order valence-corrected chi connectivity index (χ1v) is 8.09. The van der Waals surface area contributed by atoms with Crippen LogP contribution in [-0.2, 0) is 10.9 Å². The molecule has 1 aliphatic rings. The summed E-state index contributed by atoms with van der Waals surface area (Å²) in [5.41, 5.74) is -0.222. The minimum absolute atomic E-state index is 0.00793. The molecule has 1 amide bonds. The van der Waals surface area contributed by atoms with Gasteiger partial charge < -0.3 is 14.6 Å². The number of morpholine rings is 1. The number of carbonyl (C=O) groups is 1. The van der Waals surface area contributed by atoms with Gasteiger partial charge in [0, 0.05) is 23.7 Å². The van der Waals surface area contributed by atoms with E-state index in [0.717, 1.165) is 0 Å². The Morgan fingerprint density at radius 3 is 2.36 bits per heavy atom. The number of nitrogens with zero attached hydrogens (tertiary/aromatic N) is 1. The number of alkyl halides is 3. The van der Waals surface area contributed by atoms with Crippen LogP contribution in [-0.4, -0.2) is 42.1 Å². The summed E-state index contributed by atoms with van der Waals surface area (Å²) in [6.45, 7) is 2.79. The average Bonchev–Trinajstić information content (AvgIpc) is 2.93. The van der Waals surface area contributed by atoms with Gasteiger partial charge in [0.2, 0.25) is 0 Å². The Labute approximate surface area is 147 Å². The third-order valence-electron chi connectivity index (χ3n) is 4.18. The topological polar surface area (TPSA) is 45.3 Å². The van der Waals surface area contributed by atoms with Gasteiger partial charge in [-0.15, -0.1) is 0 Å². The zero-order valence-corrected chi connectivity index (χ0v) is 14.2. The van der Waals surface area contributed by atoms with Crippen molar-refractivity contribution in [3.8, 4) is 11.1 Å². The molecule has 1 aromatic carbocycles. The van der Waals surface area contributed by atoms with Gasteiger partial charge in [0.1, 0.15) is 11.4 Å². The standard InChI is InChI=1S/C17H16ClF3N2O2/c1-10-13(11-2-4-12(18)5-3-11)14(22-15(10)17(19,20)21)16(24)23-6-8-25-9-7-23/h2-5,22H,6-9H2,1H3. The SMILES string of the molecule is Cc1c(C(F)(F)F)[nH]c(C(=O)N2CCOCC2)c1-c1ccc(Cl)cc1. The second-order valence-corrected chi connectivity index (χ2v) is 6.22. The molecule has 3 rings (SSSR count). The van der Waals surface area contributed by atoms with Gasteiger partial charge in [-0.3, -0.25) is 4.79 Å². The van der Waals surface area contributed by atoms with Crippen molar-refractivity contribution in [1.82, 2.24) is 9.88 Å². The first kappa shape index (κ1) is 17.8. The van der Waals surface area contributed by atoms with Gasteiger partial charge >= 0.3 is 6.18 Å². The molecule has 1 aliphatic heterocycles. The molecule has 0 bridgehead atoms. The first-order chi connectivity index (χ1) is 11.8. The number of amides is 1. The highest BCUT2D eigenvalue weighted by atomic mass is 35.5. The molecule has 2 heterocycles. The fourth-order valence-electron chi connectivity index (χ4n) is 2.94. The zero-order valence-electron chi connectivity index (χ0n) is 13.4. The fourth-order valence-corrected chi connectivity index (χ4v) is 3.07. The maximum absolute atomic E-state index is 13.3. The van der Waals surface area contributed by atoms with E-state index in [4.69, 9.17) is 16.3 Å². The van der Waals surface area contributed by atoms with Crippen molar-refractivity contribution in [1.29, 1.82) is 0 Å². The Balaban J connectivity index is 2.12. The number of hydrogen-bond acceptors (Lipinski definition) is 2.